The molecule has 145 heavy (non-hydrogen) atoms. The first-order valence-corrected chi connectivity index (χ1v) is 54.2. The number of hydrogen-bond acceptors (Lipinski definition) is 13. The third-order valence-electron chi connectivity index (χ3n) is 30.0. The van der Waals surface area contributed by atoms with Crippen LogP contribution >= 0.6 is 0 Å². The van der Waals surface area contributed by atoms with Gasteiger partial charge >= 0.3 is 24.4 Å². The minimum Gasteiger partial charge on any atom is -0.444 e. The summed E-state index contributed by atoms with van der Waals surface area (Å²) in [7, 11) is 0. The smallest absolute Gasteiger partial charge is 0.414 e. The molecule has 0 radical (unpaired) electrons. The zero-order valence-electron chi connectivity index (χ0n) is 97.4. The molecule has 19 nitrogen and oxygen atoms in total. The fraction of sp³-hybridized carbons (Fsp3) is 0.619. The molecule has 9 aliphatic heterocycles. The van der Waals surface area contributed by atoms with Crippen molar-refractivity contribution in [3.05, 3.63) is 205 Å². The Labute approximate surface area is 876 Å². The zero-order chi connectivity index (χ0) is 108. The van der Waals surface area contributed by atoms with Gasteiger partial charge in [-0.3, -0.25) is 19.4 Å². The molecule has 0 atom stereocenters. The first kappa shape index (κ1) is 117. The zero-order valence-corrected chi connectivity index (χ0v) is 97.4. The summed E-state index contributed by atoms with van der Waals surface area (Å²) in [6.45, 7) is 91.2. The second kappa shape index (κ2) is 44.4. The standard InChI is InChI=1S/C24H36N2O3.C22H34N2O2.C20H31NO2.C18H27NO2.C15H23N.C14H19NO.C13H19N/c1-17(27)26-15-12-24(19-9-8-18(16-20(19)26)22(2,3)4)10-13-25(14-11-24)21(28)29-23(5,6)7;1-20(2,3)16-7-8-17-18(15-16)23-12-9-22(17)10-13-24(14-11-22)19(25)26-21(4,5)6;1-18(2,3)14-9-10-15-16(13-14)21(12-11-20(15,7)8)17(22)23-19(4,5)6;1-17(2,3)14-10-9-13-8-7-11-19(15(13)12-14)16(20)21-18(4,5)6;1-14(2,3)11-6-7-12-13(10-11)16-9-8-15(12,4)5;1-10(16)15-8-7-11-5-6-12(9-13(11)15)14(2,3)4;1-13(2,3)11-7-6-10-5-4-8-14-12(10)9-11/h8-9,16H,10-15H2,1-7H3;7-8,15,23H,9-14H2,1-6H3;9-10,13H,11-12H2,1-8H3;9-10,12H,7-8,11H2,1-6H3;6-7,10,16H,8-9H2,1-5H3;5-6,9H,7-8H2,1-4H3;6-7,9,14H,4-5,8H2,1-3H3. The van der Waals surface area contributed by atoms with Gasteiger partial charge in [-0.2, -0.15) is 0 Å². The molecule has 7 aromatic carbocycles. The summed E-state index contributed by atoms with van der Waals surface area (Å²) in [4.78, 5) is 84.9. The van der Waals surface area contributed by atoms with Crippen LogP contribution in [-0.2, 0) is 107 Å². The SMILES string of the molecule is CC(=O)N1CCC2(CCN(C(=O)OC(C)(C)C)CC2)c2ccc(C(C)(C)C)cc21.CC(=O)N1CCc2ccc(C(C)(C)C)cc21.CC(C)(C)OC(=O)N1CCC(C)(C)c2ccc(C(C)(C)C)cc21.CC(C)(C)OC(=O)N1CCC2(CCNc3cc(C(C)(C)C)ccc32)CC1.CC(C)(C)OC(=O)N1CCCc2ccc(C(C)(C)C)cc21.CC(C)(C)c1ccc2c(c1)NCCC2.CC(C)(C)c1ccc2c(c1)NCCC2(C)C. The number of piperidine rings is 2. The Morgan fingerprint density at radius 1 is 0.255 bits per heavy atom. The number of nitrogens with zero attached hydrogens (tertiary/aromatic N) is 6. The lowest BCUT2D eigenvalue weighted by Gasteiger charge is -2.48. The van der Waals surface area contributed by atoms with E-state index in [2.05, 4.69) is 316 Å². The number of ether oxygens (including phenoxy) is 4. The molecule has 7 aromatic rings. The highest BCUT2D eigenvalue weighted by atomic mass is 16.6. The predicted octanol–water partition coefficient (Wildman–Crippen LogP) is 30.5. The fourth-order valence-corrected chi connectivity index (χ4v) is 20.7. The van der Waals surface area contributed by atoms with Crippen LogP contribution < -0.4 is 35.6 Å². The molecule has 0 saturated carbocycles. The van der Waals surface area contributed by atoms with Crippen LogP contribution in [0.1, 0.15) is 412 Å². The monoisotopic (exact) mass is 1990 g/mol. The fourth-order valence-electron chi connectivity index (χ4n) is 20.7. The Morgan fingerprint density at radius 2 is 0.545 bits per heavy atom. The van der Waals surface area contributed by atoms with Crippen molar-refractivity contribution in [3.8, 4) is 0 Å². The van der Waals surface area contributed by atoms with E-state index in [1.54, 1.807) is 23.6 Å². The van der Waals surface area contributed by atoms with Gasteiger partial charge in [0.2, 0.25) is 11.8 Å². The molecule has 0 aromatic heterocycles. The van der Waals surface area contributed by atoms with Crippen molar-refractivity contribution >= 4 is 76.0 Å². The van der Waals surface area contributed by atoms with E-state index in [1.165, 1.54) is 114 Å². The van der Waals surface area contributed by atoms with Crippen LogP contribution in [0.4, 0.5) is 59.0 Å². The van der Waals surface area contributed by atoms with Crippen LogP contribution in [0.25, 0.3) is 0 Å². The van der Waals surface area contributed by atoms with E-state index in [1.807, 2.05) is 103 Å². The Balaban J connectivity index is 0.000000176. The summed E-state index contributed by atoms with van der Waals surface area (Å²) in [6, 6.07) is 46.9. The molecule has 0 unspecified atom stereocenters. The third kappa shape index (κ3) is 30.9. The molecule has 9 aliphatic rings. The molecule has 3 N–H and O–H groups in total. The topological polar surface area (TPSA) is 195 Å². The number of anilines is 7. The number of hydrogen-bond donors (Lipinski definition) is 3. The van der Waals surface area contributed by atoms with Crippen LogP contribution in [0.15, 0.2) is 127 Å². The number of rotatable bonds is 0. The van der Waals surface area contributed by atoms with E-state index in [0.717, 1.165) is 139 Å². The van der Waals surface area contributed by atoms with Gasteiger partial charge in [-0.05, 0) is 336 Å². The minimum atomic E-state index is -0.480. The van der Waals surface area contributed by atoms with Crippen LogP contribution in [0.3, 0.4) is 0 Å². The van der Waals surface area contributed by atoms with E-state index in [9.17, 15) is 28.8 Å². The number of benzene rings is 7. The number of likely N-dealkylation sites (tertiary alicyclic amines) is 2. The summed E-state index contributed by atoms with van der Waals surface area (Å²) in [5.74, 6) is 0.239. The van der Waals surface area contributed by atoms with Gasteiger partial charge in [-0.1, -0.05) is 258 Å². The number of carbonyl (C=O) groups excluding carboxylic acids is 6. The summed E-state index contributed by atoms with van der Waals surface area (Å²) in [6.07, 6.45) is 12.7. The van der Waals surface area contributed by atoms with E-state index < -0.39 is 22.4 Å². The molecule has 2 spiro atoms. The third-order valence-corrected chi connectivity index (χ3v) is 30.0. The number of carbonyl (C=O) groups is 6. The lowest BCUT2D eigenvalue weighted by atomic mass is 9.67. The maximum Gasteiger partial charge on any atom is 0.414 e. The van der Waals surface area contributed by atoms with E-state index in [4.69, 9.17) is 18.9 Å². The molecule has 2 fully saturated rings. The minimum absolute atomic E-state index is 0.0240. The van der Waals surface area contributed by atoms with Crippen molar-refractivity contribution in [1.29, 1.82) is 0 Å². The molecular formula is C126H189N9O10. The van der Waals surface area contributed by atoms with Gasteiger partial charge in [-0.15, -0.1) is 0 Å². The molecule has 19 heteroatoms. The van der Waals surface area contributed by atoms with Crippen LogP contribution in [0.5, 0.6) is 0 Å². The van der Waals surface area contributed by atoms with E-state index in [0.29, 0.717) is 25.0 Å². The van der Waals surface area contributed by atoms with Crippen molar-refractivity contribution < 1.29 is 47.7 Å². The largest absolute Gasteiger partial charge is 0.444 e. The number of fused-ring (bicyclic) bond motifs is 9. The highest BCUT2D eigenvalue weighted by Gasteiger charge is 2.47. The second-order valence-electron chi connectivity index (χ2n) is 54.9. The van der Waals surface area contributed by atoms with E-state index >= 15 is 0 Å². The van der Waals surface area contributed by atoms with Crippen LogP contribution in [0, 0.1) is 0 Å². The highest BCUT2D eigenvalue weighted by molar-refractivity contribution is 5.95. The van der Waals surface area contributed by atoms with Crippen molar-refractivity contribution in [1.82, 2.24) is 9.80 Å². The summed E-state index contributed by atoms with van der Waals surface area (Å²) < 4.78 is 22.3. The Bertz CT molecular complexity index is 5700. The van der Waals surface area contributed by atoms with Crippen molar-refractivity contribution in [2.75, 3.05) is 108 Å². The molecular weight excluding hydrogens is 1800 g/mol. The summed E-state index contributed by atoms with van der Waals surface area (Å²) >= 11 is 0. The maximum absolute atomic E-state index is 12.7. The van der Waals surface area contributed by atoms with Crippen molar-refractivity contribution in [2.45, 2.75) is 435 Å². The Hall–Kier alpha value is -10.0. The van der Waals surface area contributed by atoms with Crippen LogP contribution in [-0.4, -0.2) is 140 Å². The number of aryl methyl sites for hydroxylation is 2. The Kier molecular flexibility index (Phi) is 35.8. The summed E-state index contributed by atoms with van der Waals surface area (Å²) in [5, 5.41) is 10.6. The molecule has 0 aliphatic carbocycles. The number of nitrogens with one attached hydrogen (secondary N) is 3. The molecule has 2 saturated heterocycles. The highest BCUT2D eigenvalue weighted by Crippen LogP contribution is 2.51. The summed E-state index contributed by atoms with van der Waals surface area (Å²) in [5.41, 5.74) is 26.5. The van der Waals surface area contributed by atoms with Gasteiger partial charge in [0.15, 0.2) is 0 Å². The van der Waals surface area contributed by atoms with Gasteiger partial charge in [0.05, 0.1) is 11.4 Å². The van der Waals surface area contributed by atoms with Gasteiger partial charge in [0.1, 0.15) is 22.4 Å². The first-order chi connectivity index (χ1) is 66.5. The maximum atomic E-state index is 12.7. The van der Waals surface area contributed by atoms with Crippen molar-refractivity contribution in [3.63, 3.8) is 0 Å². The van der Waals surface area contributed by atoms with Crippen molar-refractivity contribution in [2.24, 2.45) is 0 Å². The normalized spacial score (nSPS) is 17.7. The first-order valence-electron chi connectivity index (χ1n) is 54.2. The van der Waals surface area contributed by atoms with E-state index in [-0.39, 0.29) is 90.3 Å². The molecule has 6 amide bonds. The predicted molar refractivity (Wildman–Crippen MR) is 607 cm³/mol. The second-order valence-corrected chi connectivity index (χ2v) is 54.9. The van der Waals surface area contributed by atoms with Gasteiger partial charge in [0.25, 0.3) is 0 Å². The molecule has 0 bridgehead atoms. The van der Waals surface area contributed by atoms with Crippen LogP contribution in [0.2, 0.25) is 0 Å². The molecule has 9 heterocycles. The molecule has 798 valence electrons. The molecule has 16 rings (SSSR count). The van der Waals surface area contributed by atoms with Gasteiger partial charge < -0.3 is 54.5 Å². The average Bonchev–Trinajstić information content (AvgIpc) is 1.37. The lowest BCUT2D eigenvalue weighted by Crippen LogP contribution is -2.50. The van der Waals surface area contributed by atoms with Gasteiger partial charge in [-0.25, -0.2) is 19.2 Å². The average molecular weight is 1990 g/mol. The number of amides is 6. The lowest BCUT2D eigenvalue weighted by molar-refractivity contribution is -0.117. The van der Waals surface area contributed by atoms with Gasteiger partial charge in [0, 0.05) is 125 Å². The quantitative estimate of drug-likeness (QED) is 0.122. The Morgan fingerprint density at radius 3 is 0.966 bits per heavy atom.